The maximum absolute atomic E-state index is 13.0. The molecular weight excluding hydrogens is 614 g/mol. The SMILES string of the molecule is CCn1c(=O)c2c(nc(/C=C/c3ccc(OCCCC(=O)NCCCCCCCCCCCC(=O)OC)c(OC)c3)n2C)n(CC)c1=O. The number of carbonyl (C=O) groups excluding carboxylic acids is 2. The van der Waals surface area contributed by atoms with Crippen molar-refractivity contribution in [1.29, 1.82) is 0 Å². The Kier molecular flexibility index (Phi) is 16.0. The van der Waals surface area contributed by atoms with E-state index in [4.69, 9.17) is 9.47 Å². The Morgan fingerprint density at radius 1 is 0.833 bits per heavy atom. The van der Waals surface area contributed by atoms with E-state index >= 15 is 0 Å². The molecule has 12 heteroatoms. The second-order valence-corrected chi connectivity index (χ2v) is 11.8. The number of imidazole rings is 1. The van der Waals surface area contributed by atoms with Crippen LogP contribution in [-0.2, 0) is 34.5 Å². The molecule has 2 heterocycles. The summed E-state index contributed by atoms with van der Waals surface area (Å²) in [5.74, 6) is 1.61. The Hall–Kier alpha value is -4.35. The summed E-state index contributed by atoms with van der Waals surface area (Å²) < 4.78 is 20.6. The van der Waals surface area contributed by atoms with Crippen LogP contribution < -0.4 is 26.0 Å². The first-order valence-corrected chi connectivity index (χ1v) is 17.3. The van der Waals surface area contributed by atoms with Crippen molar-refractivity contribution >= 4 is 35.2 Å². The van der Waals surface area contributed by atoms with E-state index in [1.807, 2.05) is 31.2 Å². The molecule has 0 bridgehead atoms. The van der Waals surface area contributed by atoms with Gasteiger partial charge < -0.3 is 24.1 Å². The molecule has 0 aliphatic rings. The van der Waals surface area contributed by atoms with Gasteiger partial charge in [0, 0.05) is 39.5 Å². The van der Waals surface area contributed by atoms with Gasteiger partial charge in [0.15, 0.2) is 22.7 Å². The summed E-state index contributed by atoms with van der Waals surface area (Å²) in [6.07, 6.45) is 15.2. The summed E-state index contributed by atoms with van der Waals surface area (Å²) in [4.78, 5) is 53.7. The third-order valence-electron chi connectivity index (χ3n) is 8.43. The summed E-state index contributed by atoms with van der Waals surface area (Å²) in [6, 6.07) is 5.57. The number of methoxy groups -OCH3 is 2. The van der Waals surface area contributed by atoms with Crippen molar-refractivity contribution in [3.8, 4) is 11.5 Å². The zero-order valence-electron chi connectivity index (χ0n) is 29.3. The number of hydrogen-bond donors (Lipinski definition) is 1. The lowest BCUT2D eigenvalue weighted by Crippen LogP contribution is -2.39. The van der Waals surface area contributed by atoms with Crippen LogP contribution in [0.15, 0.2) is 27.8 Å². The first-order chi connectivity index (χ1) is 23.2. The van der Waals surface area contributed by atoms with Crippen LogP contribution in [0.3, 0.4) is 0 Å². The number of aryl methyl sites for hydroxylation is 2. The van der Waals surface area contributed by atoms with Gasteiger partial charge in [0.05, 0.1) is 20.8 Å². The molecule has 0 atom stereocenters. The van der Waals surface area contributed by atoms with Gasteiger partial charge in [0.2, 0.25) is 5.91 Å². The Bertz CT molecular complexity index is 1640. The standard InChI is InChI=1S/C36H53N5O7/c1-6-40-34-33(35(44)41(7-2)36(40)45)39(3)30(38-34)23-21-27-20-22-28(29(26-27)46-4)48-25-17-18-31(42)37-24-16-14-12-10-8-9-11-13-15-19-32(43)47-5/h20-23,26H,6-19,24-25H2,1-5H3,(H,37,42)/b23-21+. The highest BCUT2D eigenvalue weighted by Crippen LogP contribution is 2.29. The molecular formula is C36H53N5O7. The number of nitrogens with zero attached hydrogens (tertiary/aromatic N) is 4. The molecule has 0 unspecified atom stereocenters. The largest absolute Gasteiger partial charge is 0.493 e. The Morgan fingerprint density at radius 2 is 1.50 bits per heavy atom. The van der Waals surface area contributed by atoms with E-state index < -0.39 is 0 Å². The van der Waals surface area contributed by atoms with E-state index in [-0.39, 0.29) is 29.7 Å². The third-order valence-corrected chi connectivity index (χ3v) is 8.43. The number of rotatable bonds is 22. The first kappa shape index (κ1) is 38.1. The molecule has 264 valence electrons. The van der Waals surface area contributed by atoms with Crippen LogP contribution >= 0.6 is 0 Å². The minimum Gasteiger partial charge on any atom is -0.493 e. The third kappa shape index (κ3) is 10.8. The lowest BCUT2D eigenvalue weighted by atomic mass is 10.1. The molecule has 12 nitrogen and oxygen atoms in total. The number of fused-ring (bicyclic) bond motifs is 1. The Morgan fingerprint density at radius 3 is 2.15 bits per heavy atom. The highest BCUT2D eigenvalue weighted by atomic mass is 16.5. The second-order valence-electron chi connectivity index (χ2n) is 11.8. The number of nitrogens with one attached hydrogen (secondary N) is 1. The summed E-state index contributed by atoms with van der Waals surface area (Å²) in [6.45, 7) is 5.40. The molecule has 1 amide bonds. The van der Waals surface area contributed by atoms with Gasteiger partial charge in [-0.15, -0.1) is 0 Å². The van der Waals surface area contributed by atoms with Crippen molar-refractivity contribution in [2.24, 2.45) is 7.05 Å². The highest BCUT2D eigenvalue weighted by Gasteiger charge is 2.18. The van der Waals surface area contributed by atoms with E-state index in [0.29, 0.717) is 67.4 Å². The van der Waals surface area contributed by atoms with E-state index in [2.05, 4.69) is 15.0 Å². The van der Waals surface area contributed by atoms with Crippen molar-refractivity contribution in [1.82, 2.24) is 24.0 Å². The van der Waals surface area contributed by atoms with Crippen molar-refractivity contribution in [2.45, 2.75) is 104 Å². The number of hydrogen-bond acceptors (Lipinski definition) is 8. The molecule has 48 heavy (non-hydrogen) atoms. The zero-order chi connectivity index (χ0) is 34.9. The fourth-order valence-corrected chi connectivity index (χ4v) is 5.64. The van der Waals surface area contributed by atoms with Crippen LogP contribution in [0.25, 0.3) is 23.3 Å². The summed E-state index contributed by atoms with van der Waals surface area (Å²) in [5.41, 5.74) is 0.896. The minimum atomic E-state index is -0.358. The molecule has 0 fully saturated rings. The van der Waals surface area contributed by atoms with Crippen LogP contribution in [0.5, 0.6) is 11.5 Å². The van der Waals surface area contributed by atoms with Crippen LogP contribution in [0.1, 0.15) is 102 Å². The van der Waals surface area contributed by atoms with Crippen LogP contribution in [0.2, 0.25) is 0 Å². The van der Waals surface area contributed by atoms with Crippen LogP contribution in [-0.4, -0.2) is 57.9 Å². The summed E-state index contributed by atoms with van der Waals surface area (Å²) in [7, 11) is 4.77. The number of amides is 1. The van der Waals surface area contributed by atoms with E-state index in [9.17, 15) is 19.2 Å². The van der Waals surface area contributed by atoms with Crippen LogP contribution in [0.4, 0.5) is 0 Å². The van der Waals surface area contributed by atoms with Gasteiger partial charge in [-0.1, -0.05) is 57.1 Å². The van der Waals surface area contributed by atoms with Gasteiger partial charge in [-0.2, -0.15) is 0 Å². The average molecular weight is 668 g/mol. The number of aromatic nitrogens is 4. The molecule has 0 radical (unpaired) electrons. The minimum absolute atomic E-state index is 0.0319. The molecule has 2 aromatic heterocycles. The lowest BCUT2D eigenvalue weighted by molar-refractivity contribution is -0.140. The van der Waals surface area contributed by atoms with Gasteiger partial charge in [-0.25, -0.2) is 9.78 Å². The monoisotopic (exact) mass is 667 g/mol. The van der Waals surface area contributed by atoms with E-state index in [0.717, 1.165) is 37.7 Å². The van der Waals surface area contributed by atoms with Gasteiger partial charge >= 0.3 is 11.7 Å². The maximum Gasteiger partial charge on any atom is 0.332 e. The fraction of sp³-hybridized carbons (Fsp3) is 0.583. The molecule has 1 aromatic carbocycles. The van der Waals surface area contributed by atoms with Gasteiger partial charge in [-0.3, -0.25) is 23.5 Å². The van der Waals surface area contributed by atoms with E-state index in [1.54, 1.807) is 31.7 Å². The summed E-state index contributed by atoms with van der Waals surface area (Å²) in [5, 5.41) is 3.00. The smallest absolute Gasteiger partial charge is 0.332 e. The highest BCUT2D eigenvalue weighted by molar-refractivity contribution is 5.77. The number of carbonyl (C=O) groups is 2. The molecule has 0 aliphatic heterocycles. The number of unbranched alkanes of at least 4 members (excludes halogenated alkanes) is 8. The molecule has 0 aliphatic carbocycles. The summed E-state index contributed by atoms with van der Waals surface area (Å²) >= 11 is 0. The molecule has 3 aromatic rings. The zero-order valence-corrected chi connectivity index (χ0v) is 29.3. The normalized spacial score (nSPS) is 11.4. The molecule has 0 saturated carbocycles. The Balaban J connectivity index is 1.38. The number of benzene rings is 1. The molecule has 0 saturated heterocycles. The second kappa shape index (κ2) is 20.1. The van der Waals surface area contributed by atoms with E-state index in [1.165, 1.54) is 41.9 Å². The van der Waals surface area contributed by atoms with Crippen LogP contribution in [0, 0.1) is 0 Å². The number of ether oxygens (including phenoxy) is 3. The van der Waals surface area contributed by atoms with Crippen molar-refractivity contribution in [3.05, 3.63) is 50.4 Å². The topological polar surface area (TPSA) is 136 Å². The maximum atomic E-state index is 13.0. The number of esters is 1. The fourth-order valence-electron chi connectivity index (χ4n) is 5.64. The van der Waals surface area contributed by atoms with Crippen molar-refractivity contribution < 1.29 is 23.8 Å². The van der Waals surface area contributed by atoms with Crippen molar-refractivity contribution in [3.63, 3.8) is 0 Å². The molecule has 1 N–H and O–H groups in total. The molecule has 3 rings (SSSR count). The lowest BCUT2D eigenvalue weighted by Gasteiger charge is -2.11. The van der Waals surface area contributed by atoms with Gasteiger partial charge in [0.25, 0.3) is 5.56 Å². The first-order valence-electron chi connectivity index (χ1n) is 17.3. The van der Waals surface area contributed by atoms with Gasteiger partial charge in [-0.05, 0) is 56.9 Å². The predicted octanol–water partition coefficient (Wildman–Crippen LogP) is 5.46. The quantitative estimate of drug-likeness (QED) is 0.110. The Labute approximate surface area is 283 Å². The van der Waals surface area contributed by atoms with Gasteiger partial charge in [0.1, 0.15) is 5.82 Å². The molecule has 0 spiro atoms. The average Bonchev–Trinajstić information content (AvgIpc) is 3.42. The predicted molar refractivity (Wildman–Crippen MR) is 188 cm³/mol. The van der Waals surface area contributed by atoms with Crippen molar-refractivity contribution in [2.75, 3.05) is 27.4 Å².